The van der Waals surface area contributed by atoms with E-state index in [9.17, 15) is 22.8 Å². The van der Waals surface area contributed by atoms with Crippen LogP contribution in [0.1, 0.15) is 43.9 Å². The lowest BCUT2D eigenvalue weighted by Gasteiger charge is -2.26. The van der Waals surface area contributed by atoms with Crippen LogP contribution < -0.4 is 0 Å². The molecule has 2 aliphatic rings. The van der Waals surface area contributed by atoms with Gasteiger partial charge in [0.15, 0.2) is 0 Å². The molecule has 9 nitrogen and oxygen atoms in total. The Labute approximate surface area is 191 Å². The predicted octanol–water partition coefficient (Wildman–Crippen LogP) is 1.94. The lowest BCUT2D eigenvalue weighted by Crippen LogP contribution is -2.40. The summed E-state index contributed by atoms with van der Waals surface area (Å²) < 4.78 is 37.1. The van der Waals surface area contributed by atoms with Crippen LogP contribution in [0.4, 0.5) is 0 Å². The lowest BCUT2D eigenvalue weighted by atomic mass is 10.1. The Morgan fingerprint density at radius 3 is 2.12 bits per heavy atom. The van der Waals surface area contributed by atoms with E-state index < -0.39 is 16.0 Å². The second kappa shape index (κ2) is 9.82. The molecule has 1 saturated heterocycles. The van der Waals surface area contributed by atoms with Crippen LogP contribution in [0.3, 0.4) is 0 Å². The largest absolute Gasteiger partial charge is 0.462 e. The number of morpholine rings is 1. The van der Waals surface area contributed by atoms with Crippen molar-refractivity contribution in [1.82, 2.24) is 9.21 Å². The van der Waals surface area contributed by atoms with Crippen molar-refractivity contribution in [3.8, 4) is 0 Å². The van der Waals surface area contributed by atoms with Crippen LogP contribution in [-0.4, -0.2) is 74.9 Å². The molecule has 0 unspecified atom stereocenters. The Bertz CT molecular complexity index is 1120. The first-order valence-corrected chi connectivity index (χ1v) is 12.1. The second-order valence-electron chi connectivity index (χ2n) is 7.69. The Morgan fingerprint density at radius 1 is 0.909 bits per heavy atom. The molecule has 2 aliphatic heterocycles. The zero-order valence-electron chi connectivity index (χ0n) is 17.9. The number of ether oxygens (including phenoxy) is 2. The van der Waals surface area contributed by atoms with Gasteiger partial charge in [0.25, 0.3) is 11.8 Å². The van der Waals surface area contributed by atoms with Crippen molar-refractivity contribution in [2.75, 3.05) is 39.5 Å². The molecule has 2 aromatic rings. The molecule has 0 bridgehead atoms. The molecule has 2 heterocycles. The monoisotopic (exact) mass is 472 g/mol. The summed E-state index contributed by atoms with van der Waals surface area (Å²) in [6.07, 6.45) is 0.970. The van der Waals surface area contributed by atoms with E-state index in [1.807, 2.05) is 0 Å². The number of sulfonamides is 1. The van der Waals surface area contributed by atoms with Gasteiger partial charge in [0.1, 0.15) is 0 Å². The molecule has 0 radical (unpaired) electrons. The average molecular weight is 473 g/mol. The van der Waals surface area contributed by atoms with Crippen molar-refractivity contribution >= 4 is 27.8 Å². The van der Waals surface area contributed by atoms with E-state index in [2.05, 4.69) is 0 Å². The number of rotatable bonds is 8. The van der Waals surface area contributed by atoms with Crippen LogP contribution in [0.5, 0.6) is 0 Å². The summed E-state index contributed by atoms with van der Waals surface area (Å²) in [7, 11) is -3.62. The Hall–Kier alpha value is -3.08. The van der Waals surface area contributed by atoms with Crippen molar-refractivity contribution < 1.29 is 32.3 Å². The smallest absolute Gasteiger partial charge is 0.338 e. The van der Waals surface area contributed by atoms with Gasteiger partial charge in [0.05, 0.1) is 41.4 Å². The summed E-state index contributed by atoms with van der Waals surface area (Å²) in [5.74, 6) is -1.18. The number of hydrogen-bond acceptors (Lipinski definition) is 7. The lowest BCUT2D eigenvalue weighted by molar-refractivity contribution is 0.0485. The van der Waals surface area contributed by atoms with E-state index in [0.29, 0.717) is 50.3 Å². The topological polar surface area (TPSA) is 110 Å². The Balaban J connectivity index is 1.23. The van der Waals surface area contributed by atoms with Crippen LogP contribution >= 0.6 is 0 Å². The quantitative estimate of drug-likeness (QED) is 0.328. The number of imide groups is 1. The highest BCUT2D eigenvalue weighted by molar-refractivity contribution is 7.89. The zero-order chi connectivity index (χ0) is 23.4. The van der Waals surface area contributed by atoms with E-state index in [1.165, 1.54) is 33.5 Å². The molecule has 4 rings (SSSR count). The van der Waals surface area contributed by atoms with Gasteiger partial charge in [-0.05, 0) is 49.2 Å². The first kappa shape index (κ1) is 23.1. The minimum Gasteiger partial charge on any atom is -0.462 e. The normalized spacial score (nSPS) is 16.7. The van der Waals surface area contributed by atoms with Crippen LogP contribution in [-0.2, 0) is 19.5 Å². The highest BCUT2D eigenvalue weighted by Gasteiger charge is 2.34. The molecule has 1 fully saturated rings. The van der Waals surface area contributed by atoms with Crippen molar-refractivity contribution in [2.24, 2.45) is 0 Å². The summed E-state index contributed by atoms with van der Waals surface area (Å²) in [6.45, 7) is 1.68. The minimum atomic E-state index is -3.62. The fourth-order valence-electron chi connectivity index (χ4n) is 3.76. The number of unbranched alkanes of at least 4 members (excludes halogenated alkanes) is 1. The highest BCUT2D eigenvalue weighted by atomic mass is 32.2. The number of hydrogen-bond donors (Lipinski definition) is 0. The van der Waals surface area contributed by atoms with Gasteiger partial charge in [-0.3, -0.25) is 14.5 Å². The maximum Gasteiger partial charge on any atom is 0.338 e. The zero-order valence-corrected chi connectivity index (χ0v) is 18.8. The first-order valence-electron chi connectivity index (χ1n) is 10.7. The number of esters is 1. The van der Waals surface area contributed by atoms with Crippen molar-refractivity contribution in [3.63, 3.8) is 0 Å². The van der Waals surface area contributed by atoms with Crippen LogP contribution in [0.25, 0.3) is 0 Å². The molecule has 2 aromatic carbocycles. The van der Waals surface area contributed by atoms with E-state index >= 15 is 0 Å². The third-order valence-corrected chi connectivity index (χ3v) is 7.50. The summed E-state index contributed by atoms with van der Waals surface area (Å²) in [4.78, 5) is 38.2. The predicted molar refractivity (Wildman–Crippen MR) is 117 cm³/mol. The molecule has 0 spiro atoms. The van der Waals surface area contributed by atoms with E-state index in [-0.39, 0.29) is 35.4 Å². The summed E-state index contributed by atoms with van der Waals surface area (Å²) >= 11 is 0. The van der Waals surface area contributed by atoms with Gasteiger partial charge in [0.2, 0.25) is 10.0 Å². The molecule has 174 valence electrons. The number of carbonyl (C=O) groups excluding carboxylic acids is 3. The van der Waals surface area contributed by atoms with Gasteiger partial charge in [-0.25, -0.2) is 13.2 Å². The molecule has 0 saturated carbocycles. The van der Waals surface area contributed by atoms with Gasteiger partial charge >= 0.3 is 5.97 Å². The number of fused-ring (bicyclic) bond motifs is 1. The van der Waals surface area contributed by atoms with E-state index in [4.69, 9.17) is 9.47 Å². The van der Waals surface area contributed by atoms with Crippen molar-refractivity contribution in [3.05, 3.63) is 65.2 Å². The van der Waals surface area contributed by atoms with Crippen molar-refractivity contribution in [2.45, 2.75) is 17.7 Å². The molecule has 0 atom stereocenters. The molecular formula is C23H24N2O7S. The SMILES string of the molecule is O=C(OCCCCN1C(=O)c2ccccc2C1=O)c1ccc(S(=O)(=O)N2CCOCC2)cc1. The maximum absolute atomic E-state index is 12.6. The Kier molecular flexibility index (Phi) is 6.87. The molecular weight excluding hydrogens is 448 g/mol. The molecule has 2 amide bonds. The van der Waals surface area contributed by atoms with Gasteiger partial charge in [-0.2, -0.15) is 4.31 Å². The maximum atomic E-state index is 12.6. The van der Waals surface area contributed by atoms with E-state index in [1.54, 1.807) is 24.3 Å². The Morgan fingerprint density at radius 2 is 1.52 bits per heavy atom. The van der Waals surface area contributed by atoms with Crippen LogP contribution in [0.15, 0.2) is 53.4 Å². The number of carbonyl (C=O) groups is 3. The molecule has 0 N–H and O–H groups in total. The molecule has 10 heteroatoms. The van der Waals surface area contributed by atoms with Crippen molar-refractivity contribution in [1.29, 1.82) is 0 Å². The number of nitrogens with zero attached hydrogens (tertiary/aromatic N) is 2. The standard InChI is InChI=1S/C23H24N2O7S/c26-21-19-5-1-2-6-20(19)22(27)25(21)11-3-4-14-32-23(28)17-7-9-18(10-8-17)33(29,30)24-12-15-31-16-13-24/h1-2,5-10H,3-4,11-16H2. The summed E-state index contributed by atoms with van der Waals surface area (Å²) in [5.41, 5.74) is 1.07. The number of benzene rings is 2. The summed E-state index contributed by atoms with van der Waals surface area (Å²) in [6, 6.07) is 12.3. The van der Waals surface area contributed by atoms with Crippen LogP contribution in [0, 0.1) is 0 Å². The van der Waals surface area contributed by atoms with E-state index in [0.717, 1.165) is 0 Å². The fraction of sp³-hybridized carbons (Fsp3) is 0.348. The number of amides is 2. The summed E-state index contributed by atoms with van der Waals surface area (Å²) in [5, 5.41) is 0. The average Bonchev–Trinajstić information content (AvgIpc) is 3.09. The minimum absolute atomic E-state index is 0.113. The fourth-order valence-corrected chi connectivity index (χ4v) is 5.17. The first-order chi connectivity index (χ1) is 15.9. The molecule has 33 heavy (non-hydrogen) atoms. The van der Waals surface area contributed by atoms with Gasteiger partial charge < -0.3 is 9.47 Å². The van der Waals surface area contributed by atoms with Crippen LogP contribution in [0.2, 0.25) is 0 Å². The second-order valence-corrected chi connectivity index (χ2v) is 9.63. The molecule has 0 aromatic heterocycles. The third-order valence-electron chi connectivity index (χ3n) is 5.59. The molecule has 0 aliphatic carbocycles. The highest BCUT2D eigenvalue weighted by Crippen LogP contribution is 2.23. The van der Waals surface area contributed by atoms with Gasteiger partial charge in [0, 0.05) is 19.6 Å². The van der Waals surface area contributed by atoms with Gasteiger partial charge in [-0.15, -0.1) is 0 Å². The third kappa shape index (κ3) is 4.82. The van der Waals surface area contributed by atoms with Gasteiger partial charge in [-0.1, -0.05) is 12.1 Å².